The van der Waals surface area contributed by atoms with E-state index in [0.717, 1.165) is 25.2 Å². The average molecular weight is 192 g/mol. The largest absolute Gasteiger partial charge is 0.389 e. The van der Waals surface area contributed by atoms with Crippen LogP contribution in [-0.2, 0) is 0 Å². The van der Waals surface area contributed by atoms with E-state index in [-0.39, 0.29) is 6.10 Å². The number of hydrogen-bond donors (Lipinski definition) is 1. The van der Waals surface area contributed by atoms with Crippen LogP contribution in [0.1, 0.15) is 44.9 Å². The van der Waals surface area contributed by atoms with Gasteiger partial charge >= 0.3 is 0 Å². The molecular formula is C13H20O. The molecule has 0 saturated heterocycles. The van der Waals surface area contributed by atoms with Crippen molar-refractivity contribution in [1.29, 1.82) is 0 Å². The third kappa shape index (κ3) is 2.48. The summed E-state index contributed by atoms with van der Waals surface area (Å²) in [6, 6.07) is 0. The predicted octanol–water partition coefficient (Wildman–Crippen LogP) is 3.20. The molecule has 2 unspecified atom stereocenters. The molecule has 14 heavy (non-hydrogen) atoms. The van der Waals surface area contributed by atoms with Crippen molar-refractivity contribution in [3.05, 3.63) is 23.8 Å². The Morgan fingerprint density at radius 2 is 1.71 bits per heavy atom. The van der Waals surface area contributed by atoms with Gasteiger partial charge in [0, 0.05) is 0 Å². The number of fused-ring (bicyclic) bond motifs is 2. The number of rotatable bonds is 0. The van der Waals surface area contributed by atoms with E-state index in [2.05, 4.69) is 18.2 Å². The van der Waals surface area contributed by atoms with Crippen LogP contribution in [0.5, 0.6) is 0 Å². The van der Waals surface area contributed by atoms with Gasteiger partial charge in [-0.1, -0.05) is 18.2 Å². The van der Waals surface area contributed by atoms with Crippen LogP contribution in [0.15, 0.2) is 23.8 Å². The van der Waals surface area contributed by atoms with E-state index in [9.17, 15) is 5.11 Å². The minimum Gasteiger partial charge on any atom is -0.389 e. The van der Waals surface area contributed by atoms with Crippen molar-refractivity contribution in [1.82, 2.24) is 0 Å². The van der Waals surface area contributed by atoms with Crippen molar-refractivity contribution in [3.8, 4) is 0 Å². The summed E-state index contributed by atoms with van der Waals surface area (Å²) in [6.45, 7) is 0. The molecule has 1 N–H and O–H groups in total. The SMILES string of the molecule is OC1CCC=CCCC2CCC=C1C2. The van der Waals surface area contributed by atoms with E-state index < -0.39 is 0 Å². The fourth-order valence-electron chi connectivity index (χ4n) is 2.55. The maximum atomic E-state index is 9.94. The van der Waals surface area contributed by atoms with Crippen LogP contribution in [0.25, 0.3) is 0 Å². The van der Waals surface area contributed by atoms with Crippen molar-refractivity contribution in [2.24, 2.45) is 5.92 Å². The molecule has 78 valence electrons. The first-order valence-corrected chi connectivity index (χ1v) is 5.88. The maximum absolute atomic E-state index is 9.94. The van der Waals surface area contributed by atoms with Gasteiger partial charge in [-0.25, -0.2) is 0 Å². The number of aliphatic hydroxyl groups excluding tert-OH is 1. The molecule has 2 aliphatic carbocycles. The Morgan fingerprint density at radius 3 is 2.57 bits per heavy atom. The first-order valence-electron chi connectivity index (χ1n) is 5.88. The normalized spacial score (nSPS) is 33.6. The molecule has 2 rings (SSSR count). The minimum absolute atomic E-state index is 0.166. The third-order valence-electron chi connectivity index (χ3n) is 3.45. The molecule has 2 bridgehead atoms. The summed E-state index contributed by atoms with van der Waals surface area (Å²) >= 11 is 0. The van der Waals surface area contributed by atoms with E-state index in [0.29, 0.717) is 0 Å². The molecule has 0 amide bonds. The van der Waals surface area contributed by atoms with Gasteiger partial charge in [0.15, 0.2) is 0 Å². The Bertz CT molecular complexity index is 240. The highest BCUT2D eigenvalue weighted by Gasteiger charge is 2.19. The Morgan fingerprint density at radius 1 is 1.00 bits per heavy atom. The van der Waals surface area contributed by atoms with Gasteiger partial charge in [0.2, 0.25) is 0 Å². The highest BCUT2D eigenvalue weighted by atomic mass is 16.3. The zero-order chi connectivity index (χ0) is 9.80. The van der Waals surface area contributed by atoms with Crippen LogP contribution in [0.4, 0.5) is 0 Å². The van der Waals surface area contributed by atoms with Crippen molar-refractivity contribution >= 4 is 0 Å². The first kappa shape index (κ1) is 9.97. The predicted molar refractivity (Wildman–Crippen MR) is 59.0 cm³/mol. The van der Waals surface area contributed by atoms with Crippen molar-refractivity contribution in [2.45, 2.75) is 51.0 Å². The van der Waals surface area contributed by atoms with Crippen molar-refractivity contribution in [3.63, 3.8) is 0 Å². The molecule has 1 nitrogen and oxygen atoms in total. The number of hydrogen-bond acceptors (Lipinski definition) is 1. The molecule has 0 fully saturated rings. The van der Waals surface area contributed by atoms with Crippen molar-refractivity contribution in [2.75, 3.05) is 0 Å². The highest BCUT2D eigenvalue weighted by Crippen LogP contribution is 2.31. The zero-order valence-electron chi connectivity index (χ0n) is 8.78. The van der Waals surface area contributed by atoms with Crippen LogP contribution in [0.2, 0.25) is 0 Å². The molecule has 2 atom stereocenters. The van der Waals surface area contributed by atoms with E-state index in [1.54, 1.807) is 0 Å². The smallest absolute Gasteiger partial charge is 0.0753 e. The molecular weight excluding hydrogens is 172 g/mol. The summed E-state index contributed by atoms with van der Waals surface area (Å²) in [6.07, 6.45) is 14.8. The Hall–Kier alpha value is -0.560. The van der Waals surface area contributed by atoms with Gasteiger partial charge < -0.3 is 5.11 Å². The minimum atomic E-state index is -0.166. The maximum Gasteiger partial charge on any atom is 0.0753 e. The fraction of sp³-hybridized carbons (Fsp3) is 0.692. The van der Waals surface area contributed by atoms with Gasteiger partial charge in [-0.2, -0.15) is 0 Å². The molecule has 0 aromatic carbocycles. The number of aliphatic hydroxyl groups is 1. The van der Waals surface area contributed by atoms with Gasteiger partial charge in [0.25, 0.3) is 0 Å². The lowest BCUT2D eigenvalue weighted by Crippen LogP contribution is -2.17. The summed E-state index contributed by atoms with van der Waals surface area (Å²) in [7, 11) is 0. The quantitative estimate of drug-likeness (QED) is 0.584. The Labute approximate surface area is 86.5 Å². The molecule has 1 heteroatoms. The summed E-state index contributed by atoms with van der Waals surface area (Å²) in [4.78, 5) is 0. The van der Waals surface area contributed by atoms with E-state index in [4.69, 9.17) is 0 Å². The van der Waals surface area contributed by atoms with Crippen molar-refractivity contribution < 1.29 is 5.11 Å². The summed E-state index contributed by atoms with van der Waals surface area (Å²) in [5, 5.41) is 9.94. The van der Waals surface area contributed by atoms with Gasteiger partial charge in [-0.3, -0.25) is 0 Å². The van der Waals surface area contributed by atoms with Gasteiger partial charge in [-0.05, 0) is 56.4 Å². The lowest BCUT2D eigenvalue weighted by molar-refractivity contribution is 0.188. The molecule has 0 aromatic heterocycles. The van der Waals surface area contributed by atoms with Crippen LogP contribution in [-0.4, -0.2) is 11.2 Å². The highest BCUT2D eigenvalue weighted by molar-refractivity contribution is 5.12. The Balaban J connectivity index is 2.06. The Kier molecular flexibility index (Phi) is 3.41. The second-order valence-corrected chi connectivity index (χ2v) is 4.57. The number of allylic oxidation sites excluding steroid dienone is 3. The van der Waals surface area contributed by atoms with Gasteiger partial charge in [0.05, 0.1) is 6.10 Å². The van der Waals surface area contributed by atoms with Gasteiger partial charge in [-0.15, -0.1) is 0 Å². The standard InChI is InChI=1S/C13H20O/c14-13-9-4-2-1-3-6-11-7-5-8-12(13)10-11/h1-2,8,11,13-14H,3-7,9-10H2. The molecule has 0 spiro atoms. The van der Waals surface area contributed by atoms with Crippen LogP contribution < -0.4 is 0 Å². The lowest BCUT2D eigenvalue weighted by Gasteiger charge is -2.26. The summed E-state index contributed by atoms with van der Waals surface area (Å²) in [5.74, 6) is 0.826. The first-order chi connectivity index (χ1) is 6.86. The molecule has 2 aliphatic rings. The van der Waals surface area contributed by atoms with E-state index in [1.165, 1.54) is 31.3 Å². The average Bonchev–Trinajstić information content (AvgIpc) is 2.22. The molecule has 0 aliphatic heterocycles. The molecule has 0 radical (unpaired) electrons. The summed E-state index contributed by atoms with van der Waals surface area (Å²) < 4.78 is 0. The lowest BCUT2D eigenvalue weighted by atomic mass is 9.82. The second-order valence-electron chi connectivity index (χ2n) is 4.57. The molecule has 0 aromatic rings. The topological polar surface area (TPSA) is 20.2 Å². The molecule has 0 heterocycles. The van der Waals surface area contributed by atoms with E-state index >= 15 is 0 Å². The third-order valence-corrected chi connectivity index (χ3v) is 3.45. The molecule has 0 saturated carbocycles. The van der Waals surface area contributed by atoms with Crippen LogP contribution in [0, 0.1) is 5.92 Å². The zero-order valence-corrected chi connectivity index (χ0v) is 8.78. The second kappa shape index (κ2) is 4.79. The van der Waals surface area contributed by atoms with Crippen LogP contribution in [0.3, 0.4) is 0 Å². The van der Waals surface area contributed by atoms with Crippen LogP contribution >= 0.6 is 0 Å². The van der Waals surface area contributed by atoms with Gasteiger partial charge in [0.1, 0.15) is 0 Å². The fourth-order valence-corrected chi connectivity index (χ4v) is 2.55. The summed E-state index contributed by atoms with van der Waals surface area (Å²) in [5.41, 5.74) is 1.32. The monoisotopic (exact) mass is 192 g/mol. The van der Waals surface area contributed by atoms with E-state index in [1.807, 2.05) is 0 Å².